The molecule has 0 amide bonds. The van der Waals surface area contributed by atoms with Crippen LogP contribution in [-0.4, -0.2) is 80.7 Å². The number of nitrogens with one attached hydrogen (secondary N) is 1. The molecule has 0 spiro atoms. The van der Waals surface area contributed by atoms with Gasteiger partial charge in [0, 0.05) is 44.5 Å². The molecule has 0 aromatic carbocycles. The van der Waals surface area contributed by atoms with Gasteiger partial charge in [-0.25, -0.2) is 18.4 Å². The van der Waals surface area contributed by atoms with E-state index in [0.717, 1.165) is 37.0 Å². The number of rotatable bonds is 4. The molecule has 2 aliphatic rings. The van der Waals surface area contributed by atoms with Gasteiger partial charge in [0.25, 0.3) is 0 Å². The normalized spacial score (nSPS) is 22.2. The van der Waals surface area contributed by atoms with Crippen molar-refractivity contribution in [2.45, 2.75) is 32.1 Å². The van der Waals surface area contributed by atoms with Gasteiger partial charge in [-0.3, -0.25) is 0 Å². The zero-order valence-electron chi connectivity index (χ0n) is 17.0. The maximum Gasteiger partial charge on any atom is 0.194 e. The van der Waals surface area contributed by atoms with Crippen molar-refractivity contribution in [3.63, 3.8) is 0 Å². The number of aliphatic imine (C=N–C) groups is 1. The summed E-state index contributed by atoms with van der Waals surface area (Å²) in [5.41, 5.74) is 1.06. The molecule has 0 radical (unpaired) electrons. The van der Waals surface area contributed by atoms with Crippen LogP contribution in [0.3, 0.4) is 0 Å². The first kappa shape index (κ1) is 20.9. The van der Waals surface area contributed by atoms with Crippen molar-refractivity contribution >= 4 is 21.6 Å². The van der Waals surface area contributed by atoms with E-state index in [0.29, 0.717) is 32.8 Å². The Morgan fingerprint density at radius 1 is 1.32 bits per heavy atom. The fourth-order valence-corrected chi connectivity index (χ4v) is 4.89. The third kappa shape index (κ3) is 4.57. The van der Waals surface area contributed by atoms with E-state index in [4.69, 9.17) is 9.73 Å². The second-order valence-corrected chi connectivity index (χ2v) is 10.5. The Balaban J connectivity index is 1.79. The standard InChI is InChI=1S/C19H31N5O3S/c1-4-20-18(24-10-13-28(25,26)19(2,3)15-24)22-14-16-6-5-7-21-17(16)23-8-11-27-12-9-23/h5-7H,4,8-15H2,1-3H3,(H,20,22). The van der Waals surface area contributed by atoms with Crippen molar-refractivity contribution in [3.8, 4) is 0 Å². The van der Waals surface area contributed by atoms with Gasteiger partial charge < -0.3 is 19.9 Å². The van der Waals surface area contributed by atoms with Crippen LogP contribution in [0.2, 0.25) is 0 Å². The minimum atomic E-state index is -3.08. The van der Waals surface area contributed by atoms with Gasteiger partial charge in [-0.05, 0) is 26.8 Å². The lowest BCUT2D eigenvalue weighted by molar-refractivity contribution is 0.122. The third-order valence-corrected chi connectivity index (χ3v) is 7.79. The quantitative estimate of drug-likeness (QED) is 0.584. The Bertz CT molecular complexity index is 804. The lowest BCUT2D eigenvalue weighted by Gasteiger charge is -2.39. The summed E-state index contributed by atoms with van der Waals surface area (Å²) < 4.78 is 29.3. The summed E-state index contributed by atoms with van der Waals surface area (Å²) in [6.45, 7) is 10.8. The number of aromatic nitrogens is 1. The van der Waals surface area contributed by atoms with Crippen LogP contribution in [0, 0.1) is 0 Å². The highest BCUT2D eigenvalue weighted by Crippen LogP contribution is 2.24. The molecule has 2 aliphatic heterocycles. The molecular formula is C19H31N5O3S. The van der Waals surface area contributed by atoms with Gasteiger partial charge in [-0.15, -0.1) is 0 Å². The van der Waals surface area contributed by atoms with Gasteiger partial charge in [-0.2, -0.15) is 0 Å². The summed E-state index contributed by atoms with van der Waals surface area (Å²) in [6, 6.07) is 3.98. The third-order valence-electron chi connectivity index (χ3n) is 5.26. The fraction of sp³-hybridized carbons (Fsp3) is 0.684. The molecule has 1 N–H and O–H groups in total. The van der Waals surface area contributed by atoms with Crippen molar-refractivity contribution in [3.05, 3.63) is 23.9 Å². The van der Waals surface area contributed by atoms with E-state index in [1.54, 1.807) is 20.0 Å². The van der Waals surface area contributed by atoms with Crippen molar-refractivity contribution in [1.29, 1.82) is 0 Å². The van der Waals surface area contributed by atoms with Crippen LogP contribution in [0.1, 0.15) is 26.3 Å². The molecule has 28 heavy (non-hydrogen) atoms. The van der Waals surface area contributed by atoms with Gasteiger partial charge in [0.15, 0.2) is 15.8 Å². The SMILES string of the molecule is CCNC(=NCc1cccnc1N1CCOCC1)N1CCS(=O)(=O)C(C)(C)C1. The maximum atomic E-state index is 12.3. The van der Waals surface area contributed by atoms with Crippen molar-refractivity contribution in [2.75, 3.05) is 56.6 Å². The summed E-state index contributed by atoms with van der Waals surface area (Å²) in [5.74, 6) is 1.85. The molecule has 1 aromatic heterocycles. The fourth-order valence-electron chi connectivity index (χ4n) is 3.52. The highest BCUT2D eigenvalue weighted by Gasteiger charge is 2.41. The first-order valence-corrected chi connectivity index (χ1v) is 11.5. The monoisotopic (exact) mass is 409 g/mol. The minimum Gasteiger partial charge on any atom is -0.378 e. The first-order valence-electron chi connectivity index (χ1n) is 9.86. The Labute approximate surface area is 167 Å². The highest BCUT2D eigenvalue weighted by molar-refractivity contribution is 7.92. The Morgan fingerprint density at radius 2 is 2.07 bits per heavy atom. The lowest BCUT2D eigenvalue weighted by Crippen LogP contribution is -2.57. The van der Waals surface area contributed by atoms with Gasteiger partial charge in [0.05, 0.1) is 30.3 Å². The average molecular weight is 410 g/mol. The molecule has 0 saturated carbocycles. The Hall–Kier alpha value is -1.87. The zero-order chi connectivity index (χ0) is 20.2. The van der Waals surface area contributed by atoms with Gasteiger partial charge in [0.2, 0.25) is 0 Å². The largest absolute Gasteiger partial charge is 0.378 e. The van der Waals surface area contributed by atoms with Crippen LogP contribution in [0.5, 0.6) is 0 Å². The van der Waals surface area contributed by atoms with E-state index in [-0.39, 0.29) is 5.75 Å². The molecule has 0 bridgehead atoms. The van der Waals surface area contributed by atoms with Crippen LogP contribution in [0.4, 0.5) is 5.82 Å². The maximum absolute atomic E-state index is 12.3. The number of nitrogens with zero attached hydrogens (tertiary/aromatic N) is 4. The second kappa shape index (κ2) is 8.65. The Kier molecular flexibility index (Phi) is 6.44. The van der Waals surface area contributed by atoms with Crippen LogP contribution < -0.4 is 10.2 Å². The first-order chi connectivity index (χ1) is 13.3. The van der Waals surface area contributed by atoms with E-state index >= 15 is 0 Å². The average Bonchev–Trinajstić information content (AvgIpc) is 2.68. The van der Waals surface area contributed by atoms with Gasteiger partial charge in [-0.1, -0.05) is 6.07 Å². The summed E-state index contributed by atoms with van der Waals surface area (Å²) in [5, 5.41) is 3.31. The van der Waals surface area contributed by atoms with E-state index in [9.17, 15) is 8.42 Å². The summed E-state index contributed by atoms with van der Waals surface area (Å²) in [6.07, 6.45) is 1.81. The number of sulfone groups is 1. The van der Waals surface area contributed by atoms with Crippen LogP contribution in [0.15, 0.2) is 23.3 Å². The summed E-state index contributed by atoms with van der Waals surface area (Å²) in [4.78, 5) is 13.7. The molecule has 2 saturated heterocycles. The molecule has 8 nitrogen and oxygen atoms in total. The van der Waals surface area contributed by atoms with Crippen LogP contribution >= 0.6 is 0 Å². The van der Waals surface area contributed by atoms with E-state index < -0.39 is 14.6 Å². The van der Waals surface area contributed by atoms with Gasteiger partial charge >= 0.3 is 0 Å². The van der Waals surface area contributed by atoms with E-state index in [2.05, 4.69) is 26.2 Å². The van der Waals surface area contributed by atoms with Crippen molar-refractivity contribution in [1.82, 2.24) is 15.2 Å². The van der Waals surface area contributed by atoms with Gasteiger partial charge in [0.1, 0.15) is 5.82 Å². The summed E-state index contributed by atoms with van der Waals surface area (Å²) in [7, 11) is -3.08. The predicted octanol–water partition coefficient (Wildman–Crippen LogP) is 0.893. The molecule has 0 aliphatic carbocycles. The number of anilines is 1. The van der Waals surface area contributed by atoms with Crippen molar-refractivity contribution in [2.24, 2.45) is 4.99 Å². The van der Waals surface area contributed by atoms with Crippen LogP contribution in [-0.2, 0) is 21.1 Å². The molecular weight excluding hydrogens is 378 g/mol. The Morgan fingerprint density at radius 3 is 2.75 bits per heavy atom. The molecule has 156 valence electrons. The number of hydrogen-bond acceptors (Lipinski definition) is 6. The number of hydrogen-bond donors (Lipinski definition) is 1. The number of ether oxygens (including phenoxy) is 1. The smallest absolute Gasteiger partial charge is 0.194 e. The summed E-state index contributed by atoms with van der Waals surface area (Å²) >= 11 is 0. The predicted molar refractivity (Wildman–Crippen MR) is 112 cm³/mol. The van der Waals surface area contributed by atoms with Crippen molar-refractivity contribution < 1.29 is 13.2 Å². The molecule has 0 atom stereocenters. The lowest BCUT2D eigenvalue weighted by atomic mass is 10.2. The molecule has 3 heterocycles. The molecule has 1 aromatic rings. The number of morpholine rings is 1. The number of guanidine groups is 1. The molecule has 9 heteroatoms. The van der Waals surface area contributed by atoms with E-state index in [1.807, 2.05) is 13.0 Å². The molecule has 2 fully saturated rings. The van der Waals surface area contributed by atoms with Crippen LogP contribution in [0.25, 0.3) is 0 Å². The molecule has 0 unspecified atom stereocenters. The molecule has 3 rings (SSSR count). The topological polar surface area (TPSA) is 87.1 Å². The minimum absolute atomic E-state index is 0.149. The number of pyridine rings is 1. The van der Waals surface area contributed by atoms with E-state index in [1.165, 1.54) is 0 Å². The zero-order valence-corrected chi connectivity index (χ0v) is 17.8. The second-order valence-electron chi connectivity index (χ2n) is 7.76. The highest BCUT2D eigenvalue weighted by atomic mass is 32.2.